The molecule has 0 aliphatic heterocycles. The van der Waals surface area contributed by atoms with Crippen LogP contribution in [0.1, 0.15) is 74.0 Å². The summed E-state index contributed by atoms with van der Waals surface area (Å²) in [6.07, 6.45) is 0.903. The Morgan fingerprint density at radius 1 is 0.391 bits per heavy atom. The number of sulfone groups is 1. The molecular weight excluding hydrogens is 1560 g/mol. The normalized spacial score (nSPS) is 10.7. The monoisotopic (exact) mass is 1640 g/mol. The summed E-state index contributed by atoms with van der Waals surface area (Å²) >= 11 is 4.08. The lowest BCUT2D eigenvalue weighted by molar-refractivity contribution is -0.384. The minimum absolute atomic E-state index is 0.0302. The van der Waals surface area contributed by atoms with Crippen molar-refractivity contribution in [2.75, 3.05) is 71.8 Å². The van der Waals surface area contributed by atoms with Crippen LogP contribution in [0.25, 0.3) is 0 Å². The fourth-order valence-corrected chi connectivity index (χ4v) is 16.6. The third-order valence-electron chi connectivity index (χ3n) is 16.4. The van der Waals surface area contributed by atoms with Crippen molar-refractivity contribution in [3.05, 3.63) is 315 Å². The number of aromatic carboxylic acids is 1. The molecule has 25 nitrogen and oxygen atoms in total. The SMILES string of the molecule is COc1ccccc1NC(=O)c1c(N)cccc1S(=O)(=O)c1cc(C)cc(C)c1.COc1ccccc1NC(=O)c1c(N)cccc1Sc1cc(C)cc(C)c1.COc1ccccc1NC(=O)c1c(N)cccc1Sc1ccc(C(=O)O)cc1.CS(=O)(=O)Oc1ccccc1NC(=O)c1c(N)cccc1Sc1ccc([N+](=O)[O-])cc1. The van der Waals surface area contributed by atoms with Crippen LogP contribution in [0.15, 0.2) is 294 Å². The number of ether oxygens (including phenoxy) is 3. The first-order chi connectivity index (χ1) is 54.8. The minimum Gasteiger partial charge on any atom is -0.495 e. The van der Waals surface area contributed by atoms with Gasteiger partial charge in [-0.15, -0.1) is 0 Å². The molecule has 590 valence electrons. The van der Waals surface area contributed by atoms with Crippen LogP contribution in [-0.4, -0.2) is 84.0 Å². The number of nitrogens with zero attached hydrogens (tertiary/aromatic N) is 1. The third kappa shape index (κ3) is 23.2. The molecule has 0 radical (unpaired) electrons. The number of carboxylic acids is 1. The van der Waals surface area contributed by atoms with Gasteiger partial charge in [0, 0.05) is 64.3 Å². The molecule has 0 unspecified atom stereocenters. The van der Waals surface area contributed by atoms with E-state index in [1.165, 1.54) is 115 Å². The van der Waals surface area contributed by atoms with E-state index in [2.05, 4.69) is 53.3 Å². The van der Waals surface area contributed by atoms with E-state index in [9.17, 15) is 50.9 Å². The molecule has 12 rings (SSSR count). The summed E-state index contributed by atoms with van der Waals surface area (Å²) in [6.45, 7) is 7.76. The van der Waals surface area contributed by atoms with Gasteiger partial charge in [0.05, 0.1) is 92.9 Å². The molecule has 0 fully saturated rings. The van der Waals surface area contributed by atoms with Crippen LogP contribution in [0.4, 0.5) is 51.2 Å². The minimum atomic E-state index is -3.96. The van der Waals surface area contributed by atoms with E-state index in [-0.39, 0.29) is 66.8 Å². The van der Waals surface area contributed by atoms with Crippen molar-refractivity contribution in [3.63, 3.8) is 0 Å². The molecule has 12 aromatic carbocycles. The molecule has 0 aliphatic rings. The number of carbonyl (C=O) groups excluding carboxylic acids is 4. The molecule has 0 saturated heterocycles. The Bertz CT molecular complexity index is 5820. The van der Waals surface area contributed by atoms with Gasteiger partial charge in [0.2, 0.25) is 9.84 Å². The van der Waals surface area contributed by atoms with Gasteiger partial charge < -0.3 is 67.7 Å². The number of nitro groups is 1. The highest BCUT2D eigenvalue weighted by atomic mass is 32.2. The molecule has 13 N–H and O–H groups in total. The van der Waals surface area contributed by atoms with E-state index in [0.29, 0.717) is 71.5 Å². The van der Waals surface area contributed by atoms with Gasteiger partial charge in [-0.1, -0.05) is 120 Å². The topological polar surface area (TPSA) is 406 Å². The Morgan fingerprint density at radius 2 is 0.704 bits per heavy atom. The second kappa shape index (κ2) is 39.3. The maximum atomic E-state index is 13.3. The predicted molar refractivity (Wildman–Crippen MR) is 452 cm³/mol. The first kappa shape index (κ1) is 85.7. The molecule has 0 aromatic heterocycles. The fourth-order valence-electron chi connectivity index (χ4n) is 11.3. The Labute approximate surface area is 677 Å². The number of nitrogen functional groups attached to an aromatic ring is 4. The Kier molecular flexibility index (Phi) is 29.3. The number of benzene rings is 12. The average Bonchev–Trinajstić information content (AvgIpc) is 0.768. The zero-order valence-corrected chi connectivity index (χ0v) is 67.2. The number of nitro benzene ring substituents is 1. The van der Waals surface area contributed by atoms with Crippen LogP contribution in [0, 0.1) is 37.8 Å². The van der Waals surface area contributed by atoms with E-state index in [1.54, 1.807) is 153 Å². The van der Waals surface area contributed by atoms with Gasteiger partial charge in [0.25, 0.3) is 29.3 Å². The molecule has 0 spiro atoms. The predicted octanol–water partition coefficient (Wildman–Crippen LogP) is 17.6. The van der Waals surface area contributed by atoms with Gasteiger partial charge in [-0.3, -0.25) is 29.3 Å². The molecule has 4 amide bonds. The number of hydrogen-bond donors (Lipinski definition) is 9. The third-order valence-corrected chi connectivity index (χ3v) is 21.8. The largest absolute Gasteiger partial charge is 0.495 e. The molecule has 0 atom stereocenters. The quantitative estimate of drug-likeness (QED) is 0.0124. The number of nitrogens with one attached hydrogen (secondary N) is 4. The molecule has 30 heteroatoms. The lowest BCUT2D eigenvalue weighted by atomic mass is 10.1. The van der Waals surface area contributed by atoms with Crippen molar-refractivity contribution >= 4 is 136 Å². The zero-order chi connectivity index (χ0) is 83.3. The number of rotatable bonds is 23. The second-order valence-corrected chi connectivity index (χ2v) is 32.0. The average molecular weight is 1640 g/mol. The summed E-state index contributed by atoms with van der Waals surface area (Å²) in [6, 6.07) is 71.1. The van der Waals surface area contributed by atoms with Gasteiger partial charge in [-0.2, -0.15) is 8.42 Å². The summed E-state index contributed by atoms with van der Waals surface area (Å²) in [7, 11) is -3.17. The highest BCUT2D eigenvalue weighted by Crippen LogP contribution is 2.40. The Balaban J connectivity index is 0.000000176. The van der Waals surface area contributed by atoms with Crippen LogP contribution in [0.3, 0.4) is 0 Å². The fraction of sp³-hybridized carbons (Fsp3) is 0.0941. The number of amides is 4. The van der Waals surface area contributed by atoms with Gasteiger partial charge in [0.1, 0.15) is 17.2 Å². The zero-order valence-electron chi connectivity index (χ0n) is 63.1. The van der Waals surface area contributed by atoms with Crippen LogP contribution >= 0.6 is 35.3 Å². The van der Waals surface area contributed by atoms with Crippen molar-refractivity contribution in [2.45, 2.75) is 66.9 Å². The first-order valence-electron chi connectivity index (χ1n) is 34.5. The van der Waals surface area contributed by atoms with Crippen molar-refractivity contribution in [2.24, 2.45) is 0 Å². The van der Waals surface area contributed by atoms with Gasteiger partial charge >= 0.3 is 16.1 Å². The molecule has 12 aromatic rings. The summed E-state index contributed by atoms with van der Waals surface area (Å²) in [5.41, 5.74) is 32.1. The molecule has 0 bridgehead atoms. The van der Waals surface area contributed by atoms with Crippen LogP contribution in [0.5, 0.6) is 23.0 Å². The number of carboxylic acid groups (broad SMARTS) is 1. The van der Waals surface area contributed by atoms with Gasteiger partial charge in [-0.05, 0) is 208 Å². The highest BCUT2D eigenvalue weighted by molar-refractivity contribution is 8.00. The standard InChI is InChI=1S/C22H22N2O4S.C22H22N2O2S.C21H18N2O4S.C20H17N3O6S2/c1-14-11-15(2)13-16(12-14)29(26,27)20-10-6-7-17(23)21(20)22(25)24-18-8-4-5-9-19(18)28-3;1-14-11-15(2)13-16(12-14)27-20-10-6-7-17(23)21(20)22(25)24-18-8-4-5-9-19(18)26-3;1-27-17-7-3-2-6-16(17)23-20(24)19-15(22)5-4-8-18(19)28-14-11-9-13(10-12-14)21(25)26;1-31(27,28)29-17-7-3-2-6-16(17)22-20(24)19-15(21)5-4-8-18(19)30-14-11-9-13(10-12-14)23(25)26/h4-13H,23H2,1-3H3,(H,24,25);4-13H,23H2,1-3H3,(H,24,25);2-12H,22H2,1H3,(H,23,24)(H,25,26);2-12H,21H2,1H3,(H,22,24). The van der Waals surface area contributed by atoms with Gasteiger partial charge in [-0.25, -0.2) is 13.2 Å². The smallest absolute Gasteiger partial charge is 0.335 e. The summed E-state index contributed by atoms with van der Waals surface area (Å²) in [5.74, 6) is -1.23. The van der Waals surface area contributed by atoms with Crippen molar-refractivity contribution in [1.82, 2.24) is 0 Å². The van der Waals surface area contributed by atoms with E-state index in [0.717, 1.165) is 32.1 Å². The maximum Gasteiger partial charge on any atom is 0.335 e. The van der Waals surface area contributed by atoms with Crippen molar-refractivity contribution < 1.29 is 69.2 Å². The number of non-ortho nitro benzene ring substituents is 1. The van der Waals surface area contributed by atoms with E-state index in [4.69, 9.17) is 46.4 Å². The Hall–Kier alpha value is -13.3. The van der Waals surface area contributed by atoms with Crippen molar-refractivity contribution in [1.29, 1.82) is 0 Å². The first-order valence-corrected chi connectivity index (χ1v) is 40.3. The van der Waals surface area contributed by atoms with Gasteiger partial charge in [0.15, 0.2) is 5.75 Å². The summed E-state index contributed by atoms with van der Waals surface area (Å²) < 4.78 is 70.4. The number of para-hydroxylation sites is 8. The lowest BCUT2D eigenvalue weighted by Gasteiger charge is -2.15. The lowest BCUT2D eigenvalue weighted by Crippen LogP contribution is -2.19. The summed E-state index contributed by atoms with van der Waals surface area (Å²) in [4.78, 5) is 77.8. The number of aryl methyl sites for hydroxylation is 4. The number of nitrogens with two attached hydrogens (primary N) is 4. The molecular formula is C85H79N9O16S5. The molecule has 115 heavy (non-hydrogen) atoms. The number of methoxy groups -OCH3 is 3. The van der Waals surface area contributed by atoms with Crippen LogP contribution < -0.4 is 62.6 Å². The van der Waals surface area contributed by atoms with Crippen LogP contribution in [0.2, 0.25) is 0 Å². The molecule has 0 aliphatic carbocycles. The molecule has 0 heterocycles. The number of carbonyl (C=O) groups is 5. The van der Waals surface area contributed by atoms with E-state index in [1.807, 2.05) is 50.2 Å². The number of anilines is 8. The highest BCUT2D eigenvalue weighted by Gasteiger charge is 2.29. The second-order valence-electron chi connectivity index (χ2n) is 25.1. The molecule has 0 saturated carbocycles. The summed E-state index contributed by atoms with van der Waals surface area (Å²) in [5, 5.41) is 30.9. The Morgan fingerprint density at radius 3 is 1.06 bits per heavy atom. The van der Waals surface area contributed by atoms with Crippen LogP contribution in [-0.2, 0) is 20.0 Å². The van der Waals surface area contributed by atoms with E-state index >= 15 is 0 Å². The van der Waals surface area contributed by atoms with E-state index < -0.39 is 42.7 Å². The number of hydrogen-bond acceptors (Lipinski definition) is 22. The van der Waals surface area contributed by atoms with Crippen molar-refractivity contribution in [3.8, 4) is 23.0 Å². The maximum absolute atomic E-state index is 13.3.